The van der Waals surface area contributed by atoms with Crippen LogP contribution in [0.5, 0.6) is 0 Å². The molecule has 0 spiro atoms. The monoisotopic (exact) mass is 352 g/mol. The van der Waals surface area contributed by atoms with Crippen molar-refractivity contribution in [3.05, 3.63) is 71.1 Å². The van der Waals surface area contributed by atoms with Gasteiger partial charge < -0.3 is 10.2 Å². The van der Waals surface area contributed by atoms with Gasteiger partial charge in [0.25, 0.3) is 5.91 Å². The molecule has 1 heterocycles. The molecule has 0 fully saturated rings. The third kappa shape index (κ3) is 4.91. The summed E-state index contributed by atoms with van der Waals surface area (Å²) in [5, 5.41) is 6.21. The van der Waals surface area contributed by atoms with E-state index < -0.39 is 0 Å². The second-order valence-corrected chi connectivity index (χ2v) is 7.21. The molecule has 1 aromatic heterocycles. The van der Waals surface area contributed by atoms with E-state index >= 15 is 0 Å². The number of amides is 1. The lowest BCUT2D eigenvalue weighted by Crippen LogP contribution is -2.33. The summed E-state index contributed by atoms with van der Waals surface area (Å²) in [4.78, 5) is 14.7. The summed E-state index contributed by atoms with van der Waals surface area (Å²) in [5.74, 6) is 0.0192. The molecule has 3 aromatic rings. The minimum atomic E-state index is 0.0192. The molecule has 1 N–H and O–H groups in total. The predicted molar refractivity (Wildman–Crippen MR) is 106 cm³/mol. The third-order valence-electron chi connectivity index (χ3n) is 4.35. The largest absolute Gasteiger partial charge is 0.351 e. The minimum absolute atomic E-state index is 0.0192. The summed E-state index contributed by atoms with van der Waals surface area (Å²) in [5.41, 5.74) is 2.16. The van der Waals surface area contributed by atoms with Crippen molar-refractivity contribution in [2.24, 2.45) is 0 Å². The van der Waals surface area contributed by atoms with Gasteiger partial charge >= 0.3 is 0 Å². The van der Waals surface area contributed by atoms with Crippen LogP contribution in [0.3, 0.4) is 0 Å². The fourth-order valence-electron chi connectivity index (χ4n) is 2.94. The van der Waals surface area contributed by atoms with Gasteiger partial charge in [0.05, 0.1) is 5.56 Å². The van der Waals surface area contributed by atoms with Crippen LogP contribution in [0, 0.1) is 0 Å². The Morgan fingerprint density at radius 1 is 1.04 bits per heavy atom. The number of benzene rings is 2. The van der Waals surface area contributed by atoms with E-state index in [4.69, 9.17) is 0 Å². The van der Waals surface area contributed by atoms with Gasteiger partial charge in [-0.1, -0.05) is 42.5 Å². The Balaban J connectivity index is 1.40. The quantitative estimate of drug-likeness (QED) is 0.659. The highest BCUT2D eigenvalue weighted by Gasteiger charge is 2.10. The molecule has 4 heteroatoms. The number of nitrogens with one attached hydrogen (secondary N) is 1. The Kier molecular flexibility index (Phi) is 6.20. The van der Waals surface area contributed by atoms with Crippen molar-refractivity contribution >= 4 is 27.3 Å². The van der Waals surface area contributed by atoms with Gasteiger partial charge in [0.15, 0.2) is 0 Å². The van der Waals surface area contributed by atoms with Gasteiger partial charge in [-0.2, -0.15) is 0 Å². The molecule has 0 aliphatic rings. The van der Waals surface area contributed by atoms with Crippen LogP contribution in [0.15, 0.2) is 60.0 Å². The number of aryl methyl sites for hydroxylation is 1. The maximum Gasteiger partial charge on any atom is 0.252 e. The fraction of sp³-hybridized carbons (Fsp3) is 0.286. The van der Waals surface area contributed by atoms with Crippen molar-refractivity contribution in [3.63, 3.8) is 0 Å². The van der Waals surface area contributed by atoms with Gasteiger partial charge in [-0.15, -0.1) is 11.3 Å². The van der Waals surface area contributed by atoms with Crippen molar-refractivity contribution in [2.45, 2.75) is 12.8 Å². The molecule has 2 aromatic carbocycles. The number of carbonyl (C=O) groups excluding carboxylic acids is 1. The normalized spacial score (nSPS) is 11.1. The van der Waals surface area contributed by atoms with E-state index in [2.05, 4.69) is 53.7 Å². The van der Waals surface area contributed by atoms with Gasteiger partial charge in [0.2, 0.25) is 0 Å². The highest BCUT2D eigenvalue weighted by atomic mass is 32.1. The number of hydrogen-bond acceptors (Lipinski definition) is 3. The smallest absolute Gasteiger partial charge is 0.252 e. The number of rotatable bonds is 8. The van der Waals surface area contributed by atoms with Crippen molar-refractivity contribution < 1.29 is 4.79 Å². The molecule has 0 radical (unpaired) electrons. The van der Waals surface area contributed by atoms with Gasteiger partial charge in [0, 0.05) is 17.8 Å². The Bertz CT molecular complexity index is 813. The molecular weight excluding hydrogens is 328 g/mol. The third-order valence-corrected chi connectivity index (χ3v) is 5.31. The first kappa shape index (κ1) is 17.6. The standard InChI is InChI=1S/C21H24N2OS/c1-23(14-6-9-17-7-3-2-4-8-17)15-13-22-21(24)19-11-5-10-18-12-16-25-20(18)19/h2-5,7-8,10-12,16H,6,9,13-15H2,1H3,(H,22,24). The Morgan fingerprint density at radius 2 is 1.88 bits per heavy atom. The summed E-state index contributed by atoms with van der Waals surface area (Å²) >= 11 is 1.62. The second kappa shape index (κ2) is 8.79. The SMILES string of the molecule is CN(CCCc1ccccc1)CCNC(=O)c1cccc2ccsc12. The Morgan fingerprint density at radius 3 is 2.72 bits per heavy atom. The van der Waals surface area contributed by atoms with Crippen LogP contribution in [0.1, 0.15) is 22.3 Å². The Labute approximate surface area is 153 Å². The first-order valence-electron chi connectivity index (χ1n) is 8.71. The molecule has 1 amide bonds. The number of nitrogens with zero attached hydrogens (tertiary/aromatic N) is 1. The van der Waals surface area contributed by atoms with Gasteiger partial charge in [-0.05, 0) is 54.9 Å². The van der Waals surface area contributed by atoms with Crippen LogP contribution in [-0.4, -0.2) is 37.5 Å². The summed E-state index contributed by atoms with van der Waals surface area (Å²) < 4.78 is 1.07. The highest BCUT2D eigenvalue weighted by Crippen LogP contribution is 2.24. The number of hydrogen-bond donors (Lipinski definition) is 1. The summed E-state index contributed by atoms with van der Waals surface area (Å²) in [6.07, 6.45) is 2.22. The van der Waals surface area contributed by atoms with E-state index in [-0.39, 0.29) is 5.91 Å². The molecule has 0 aliphatic carbocycles. The summed E-state index contributed by atoms with van der Waals surface area (Å²) in [7, 11) is 2.11. The fourth-order valence-corrected chi connectivity index (χ4v) is 3.85. The average molecular weight is 353 g/mol. The molecule has 0 atom stereocenters. The van der Waals surface area contributed by atoms with Gasteiger partial charge in [-0.3, -0.25) is 4.79 Å². The average Bonchev–Trinajstić information content (AvgIpc) is 3.11. The zero-order chi connectivity index (χ0) is 17.5. The van der Waals surface area contributed by atoms with Crippen molar-refractivity contribution in [2.75, 3.05) is 26.7 Å². The van der Waals surface area contributed by atoms with E-state index in [1.807, 2.05) is 23.6 Å². The van der Waals surface area contributed by atoms with E-state index in [9.17, 15) is 4.79 Å². The molecular formula is C21H24N2OS. The molecule has 0 saturated carbocycles. The lowest BCUT2D eigenvalue weighted by molar-refractivity contribution is 0.0951. The Hall–Kier alpha value is -2.17. The molecule has 0 bridgehead atoms. The zero-order valence-electron chi connectivity index (χ0n) is 14.6. The first-order chi connectivity index (χ1) is 12.2. The van der Waals surface area contributed by atoms with E-state index in [1.165, 1.54) is 5.56 Å². The number of fused-ring (bicyclic) bond motifs is 1. The first-order valence-corrected chi connectivity index (χ1v) is 9.59. The molecule has 0 aliphatic heterocycles. The van der Waals surface area contributed by atoms with Crippen LogP contribution in [0.25, 0.3) is 10.1 Å². The van der Waals surface area contributed by atoms with Crippen molar-refractivity contribution in [1.29, 1.82) is 0 Å². The van der Waals surface area contributed by atoms with E-state index in [0.717, 1.165) is 41.6 Å². The van der Waals surface area contributed by atoms with Gasteiger partial charge in [-0.25, -0.2) is 0 Å². The van der Waals surface area contributed by atoms with Crippen LogP contribution < -0.4 is 5.32 Å². The molecule has 130 valence electrons. The number of likely N-dealkylation sites (N-methyl/N-ethyl adjacent to an activating group) is 1. The molecule has 0 unspecified atom stereocenters. The van der Waals surface area contributed by atoms with Crippen LogP contribution in [0.2, 0.25) is 0 Å². The summed E-state index contributed by atoms with van der Waals surface area (Å²) in [6, 6.07) is 18.5. The van der Waals surface area contributed by atoms with Crippen LogP contribution in [-0.2, 0) is 6.42 Å². The van der Waals surface area contributed by atoms with Crippen LogP contribution >= 0.6 is 11.3 Å². The lowest BCUT2D eigenvalue weighted by Gasteiger charge is -2.17. The lowest BCUT2D eigenvalue weighted by atomic mass is 10.1. The zero-order valence-corrected chi connectivity index (χ0v) is 15.4. The molecule has 3 nitrogen and oxygen atoms in total. The number of carbonyl (C=O) groups is 1. The van der Waals surface area contributed by atoms with Crippen molar-refractivity contribution in [3.8, 4) is 0 Å². The minimum Gasteiger partial charge on any atom is -0.351 e. The molecule has 25 heavy (non-hydrogen) atoms. The summed E-state index contributed by atoms with van der Waals surface area (Å²) in [6.45, 7) is 2.56. The topological polar surface area (TPSA) is 32.3 Å². The maximum absolute atomic E-state index is 12.4. The van der Waals surface area contributed by atoms with Gasteiger partial charge in [0.1, 0.15) is 0 Å². The molecule has 3 rings (SSSR count). The van der Waals surface area contributed by atoms with Crippen LogP contribution in [0.4, 0.5) is 0 Å². The van der Waals surface area contributed by atoms with E-state index in [1.54, 1.807) is 11.3 Å². The maximum atomic E-state index is 12.4. The highest BCUT2D eigenvalue weighted by molar-refractivity contribution is 7.17. The molecule has 0 saturated heterocycles. The second-order valence-electron chi connectivity index (χ2n) is 6.29. The predicted octanol–water partition coefficient (Wildman–Crippen LogP) is 4.20. The number of thiophene rings is 1. The van der Waals surface area contributed by atoms with E-state index in [0.29, 0.717) is 6.54 Å². The van der Waals surface area contributed by atoms with Crippen molar-refractivity contribution in [1.82, 2.24) is 10.2 Å².